The van der Waals surface area contributed by atoms with Crippen LogP contribution in [0.3, 0.4) is 0 Å². The fourth-order valence-corrected chi connectivity index (χ4v) is 4.66. The SMILES string of the molecule is COc1ccc(-c2cccc(-c3ccc4c(c3)CCC(CN(C)C)C4OC)c2)cc1.Cl. The molecule has 1 aliphatic rings. The third kappa shape index (κ3) is 5.12. The van der Waals surface area contributed by atoms with Crippen LogP contribution in [0.4, 0.5) is 0 Å². The molecule has 0 N–H and O–H groups in total. The number of hydrogen-bond donors (Lipinski definition) is 0. The van der Waals surface area contributed by atoms with E-state index in [0.717, 1.165) is 18.7 Å². The van der Waals surface area contributed by atoms with Gasteiger partial charge in [0.2, 0.25) is 0 Å². The molecule has 0 fully saturated rings. The Kier molecular flexibility index (Phi) is 7.77. The van der Waals surface area contributed by atoms with Gasteiger partial charge in [-0.2, -0.15) is 0 Å². The topological polar surface area (TPSA) is 21.7 Å². The van der Waals surface area contributed by atoms with E-state index in [4.69, 9.17) is 9.47 Å². The molecule has 31 heavy (non-hydrogen) atoms. The lowest BCUT2D eigenvalue weighted by atomic mass is 9.80. The Morgan fingerprint density at radius 2 is 1.48 bits per heavy atom. The summed E-state index contributed by atoms with van der Waals surface area (Å²) >= 11 is 0. The predicted molar refractivity (Wildman–Crippen MR) is 131 cm³/mol. The quantitative estimate of drug-likeness (QED) is 0.454. The molecule has 0 saturated carbocycles. The van der Waals surface area contributed by atoms with Crippen LogP contribution in [0.2, 0.25) is 0 Å². The van der Waals surface area contributed by atoms with Crippen molar-refractivity contribution in [2.24, 2.45) is 5.92 Å². The first-order chi connectivity index (χ1) is 14.6. The van der Waals surface area contributed by atoms with Gasteiger partial charge in [-0.1, -0.05) is 48.5 Å². The molecule has 0 bridgehead atoms. The highest BCUT2D eigenvalue weighted by Gasteiger charge is 2.30. The van der Waals surface area contributed by atoms with E-state index in [1.54, 1.807) is 7.11 Å². The maximum Gasteiger partial charge on any atom is 0.118 e. The summed E-state index contributed by atoms with van der Waals surface area (Å²) in [7, 11) is 7.82. The van der Waals surface area contributed by atoms with Gasteiger partial charge in [0.05, 0.1) is 13.2 Å². The van der Waals surface area contributed by atoms with Crippen molar-refractivity contribution in [2.75, 3.05) is 34.9 Å². The second kappa shape index (κ2) is 10.3. The largest absolute Gasteiger partial charge is 0.497 e. The van der Waals surface area contributed by atoms with E-state index in [0.29, 0.717) is 5.92 Å². The monoisotopic (exact) mass is 437 g/mol. The minimum atomic E-state index is 0. The van der Waals surface area contributed by atoms with Crippen molar-refractivity contribution >= 4 is 12.4 Å². The van der Waals surface area contributed by atoms with Gasteiger partial charge in [-0.05, 0) is 78.5 Å². The number of rotatable bonds is 6. The average molecular weight is 438 g/mol. The van der Waals surface area contributed by atoms with Gasteiger partial charge in [0, 0.05) is 19.6 Å². The molecule has 3 aromatic carbocycles. The Morgan fingerprint density at radius 3 is 2.13 bits per heavy atom. The normalized spacial score (nSPS) is 17.7. The summed E-state index contributed by atoms with van der Waals surface area (Å²) in [6.07, 6.45) is 2.45. The second-order valence-corrected chi connectivity index (χ2v) is 8.44. The van der Waals surface area contributed by atoms with Gasteiger partial charge in [-0.3, -0.25) is 0 Å². The van der Waals surface area contributed by atoms with Crippen molar-refractivity contribution in [3.05, 3.63) is 77.9 Å². The summed E-state index contributed by atoms with van der Waals surface area (Å²) in [5, 5.41) is 0. The molecule has 2 unspecified atom stereocenters. The molecule has 0 amide bonds. The van der Waals surface area contributed by atoms with Crippen molar-refractivity contribution in [1.82, 2.24) is 4.90 Å². The Labute approximate surface area is 192 Å². The van der Waals surface area contributed by atoms with E-state index in [9.17, 15) is 0 Å². The van der Waals surface area contributed by atoms with Crippen molar-refractivity contribution in [3.8, 4) is 28.0 Å². The zero-order chi connectivity index (χ0) is 21.1. The van der Waals surface area contributed by atoms with Crippen molar-refractivity contribution < 1.29 is 9.47 Å². The number of halogens is 1. The number of ether oxygens (including phenoxy) is 2. The lowest BCUT2D eigenvalue weighted by molar-refractivity contribution is 0.0299. The molecule has 1 aliphatic carbocycles. The molecular formula is C27H32ClNO2. The molecule has 0 radical (unpaired) electrons. The molecule has 0 spiro atoms. The molecule has 0 aromatic heterocycles. The van der Waals surface area contributed by atoms with Gasteiger partial charge in [0.1, 0.15) is 5.75 Å². The second-order valence-electron chi connectivity index (χ2n) is 8.44. The Balaban J connectivity index is 0.00000272. The fourth-order valence-electron chi connectivity index (χ4n) is 4.66. The number of benzene rings is 3. The minimum Gasteiger partial charge on any atom is -0.497 e. The van der Waals surface area contributed by atoms with E-state index in [2.05, 4.69) is 73.6 Å². The summed E-state index contributed by atoms with van der Waals surface area (Å²) in [4.78, 5) is 2.26. The van der Waals surface area contributed by atoms with Crippen molar-refractivity contribution in [2.45, 2.75) is 18.9 Å². The third-order valence-electron chi connectivity index (χ3n) is 6.13. The van der Waals surface area contributed by atoms with Crippen LogP contribution in [-0.2, 0) is 11.2 Å². The average Bonchev–Trinajstić information content (AvgIpc) is 2.78. The first-order valence-corrected chi connectivity index (χ1v) is 10.6. The highest BCUT2D eigenvalue weighted by atomic mass is 35.5. The number of hydrogen-bond acceptors (Lipinski definition) is 3. The smallest absolute Gasteiger partial charge is 0.118 e. The van der Waals surface area contributed by atoms with Crippen LogP contribution in [0.1, 0.15) is 23.7 Å². The molecule has 3 nitrogen and oxygen atoms in total. The molecule has 0 saturated heterocycles. The third-order valence-corrected chi connectivity index (χ3v) is 6.13. The zero-order valence-electron chi connectivity index (χ0n) is 18.8. The summed E-state index contributed by atoms with van der Waals surface area (Å²) < 4.78 is 11.2. The summed E-state index contributed by atoms with van der Waals surface area (Å²) in [6, 6.07) is 23.9. The highest BCUT2D eigenvalue weighted by Crippen LogP contribution is 2.39. The van der Waals surface area contributed by atoms with Crippen molar-refractivity contribution in [3.63, 3.8) is 0 Å². The lowest BCUT2D eigenvalue weighted by Gasteiger charge is -2.34. The Bertz CT molecular complexity index is 1000. The zero-order valence-corrected chi connectivity index (χ0v) is 19.6. The Morgan fingerprint density at radius 1 is 0.839 bits per heavy atom. The predicted octanol–water partition coefficient (Wildman–Crippen LogP) is 6.26. The molecule has 2 atom stereocenters. The van der Waals surface area contributed by atoms with Gasteiger partial charge in [0.25, 0.3) is 0 Å². The lowest BCUT2D eigenvalue weighted by Crippen LogP contribution is -2.31. The maximum absolute atomic E-state index is 5.94. The van der Waals surface area contributed by atoms with E-state index in [-0.39, 0.29) is 18.5 Å². The number of nitrogens with zero attached hydrogens (tertiary/aromatic N) is 1. The van der Waals surface area contributed by atoms with E-state index < -0.39 is 0 Å². The first kappa shape index (κ1) is 23.3. The molecule has 0 heterocycles. The summed E-state index contributed by atoms with van der Waals surface area (Å²) in [6.45, 7) is 1.06. The van der Waals surface area contributed by atoms with E-state index in [1.165, 1.54) is 39.8 Å². The molecule has 3 aromatic rings. The molecule has 164 valence electrons. The van der Waals surface area contributed by atoms with Crippen molar-refractivity contribution in [1.29, 1.82) is 0 Å². The van der Waals surface area contributed by atoms with Gasteiger partial charge in [-0.15, -0.1) is 12.4 Å². The van der Waals surface area contributed by atoms with Crippen LogP contribution in [0.15, 0.2) is 66.7 Å². The standard InChI is InChI=1S/C27H31NO2.ClH/c1-28(2)18-24-9-8-23-17-22(12-15-26(23)27(24)30-4)21-7-5-6-20(16-21)19-10-13-25(29-3)14-11-19;/h5-7,10-17,24,27H,8-9,18H2,1-4H3;1H. The number of aryl methyl sites for hydroxylation is 1. The van der Waals surface area contributed by atoms with Crippen LogP contribution in [0, 0.1) is 5.92 Å². The molecule has 4 heteroatoms. The van der Waals surface area contributed by atoms with Gasteiger partial charge >= 0.3 is 0 Å². The minimum absolute atomic E-state index is 0. The van der Waals surface area contributed by atoms with Gasteiger partial charge in [0.15, 0.2) is 0 Å². The van der Waals surface area contributed by atoms with Crippen LogP contribution in [0.5, 0.6) is 5.75 Å². The maximum atomic E-state index is 5.94. The molecule has 4 rings (SSSR count). The number of fused-ring (bicyclic) bond motifs is 1. The van der Waals surface area contributed by atoms with Crippen LogP contribution in [0.25, 0.3) is 22.3 Å². The summed E-state index contributed by atoms with van der Waals surface area (Å²) in [5.41, 5.74) is 7.70. The van der Waals surface area contributed by atoms with Gasteiger partial charge in [-0.25, -0.2) is 0 Å². The first-order valence-electron chi connectivity index (χ1n) is 10.6. The fraction of sp³-hybridized carbons (Fsp3) is 0.333. The van der Waals surface area contributed by atoms with E-state index in [1.807, 2.05) is 19.2 Å². The summed E-state index contributed by atoms with van der Waals surface area (Å²) in [5.74, 6) is 1.42. The van der Waals surface area contributed by atoms with E-state index >= 15 is 0 Å². The number of methoxy groups -OCH3 is 2. The molecular weight excluding hydrogens is 406 g/mol. The highest BCUT2D eigenvalue weighted by molar-refractivity contribution is 5.85. The van der Waals surface area contributed by atoms with Crippen LogP contribution < -0.4 is 4.74 Å². The van der Waals surface area contributed by atoms with Crippen LogP contribution in [-0.4, -0.2) is 39.8 Å². The van der Waals surface area contributed by atoms with Gasteiger partial charge < -0.3 is 14.4 Å². The van der Waals surface area contributed by atoms with Crippen LogP contribution >= 0.6 is 12.4 Å². The Hall–Kier alpha value is -2.33. The molecule has 0 aliphatic heterocycles.